The highest BCUT2D eigenvalue weighted by molar-refractivity contribution is 5.89. The molecule has 0 fully saturated rings. The van der Waals surface area contributed by atoms with Gasteiger partial charge >= 0.3 is 6.03 Å². The molecule has 0 atom stereocenters. The Morgan fingerprint density at radius 3 is 2.50 bits per heavy atom. The summed E-state index contributed by atoms with van der Waals surface area (Å²) in [7, 11) is 0. The summed E-state index contributed by atoms with van der Waals surface area (Å²) in [5.74, 6) is 0.716. The van der Waals surface area contributed by atoms with Crippen molar-refractivity contribution in [3.8, 4) is 0 Å². The van der Waals surface area contributed by atoms with Crippen LogP contribution in [0.2, 0.25) is 0 Å². The Kier molecular flexibility index (Phi) is 6.81. The molecule has 1 aromatic carbocycles. The maximum atomic E-state index is 11.9. The summed E-state index contributed by atoms with van der Waals surface area (Å²) < 4.78 is 5.10. The van der Waals surface area contributed by atoms with E-state index in [9.17, 15) is 4.79 Å². The zero-order valence-corrected chi connectivity index (χ0v) is 14.6. The highest BCUT2D eigenvalue weighted by atomic mass is 16.3. The van der Waals surface area contributed by atoms with E-state index >= 15 is 0 Å². The number of carbonyl (C=O) groups excluding carboxylic acids is 1. The van der Waals surface area contributed by atoms with Crippen molar-refractivity contribution >= 4 is 11.7 Å². The average Bonchev–Trinajstić information content (AvgIpc) is 3.00. The Bertz CT molecular complexity index is 633. The van der Waals surface area contributed by atoms with Crippen molar-refractivity contribution in [2.45, 2.75) is 33.7 Å². The number of urea groups is 1. The monoisotopic (exact) mass is 330 g/mol. The number of oxazole rings is 1. The highest BCUT2D eigenvalue weighted by Gasteiger charge is 2.06. The van der Waals surface area contributed by atoms with Gasteiger partial charge in [0.15, 0.2) is 6.39 Å². The minimum atomic E-state index is -0.256. The van der Waals surface area contributed by atoms with Gasteiger partial charge in [-0.25, -0.2) is 9.78 Å². The van der Waals surface area contributed by atoms with Crippen LogP contribution in [0.1, 0.15) is 30.9 Å². The molecule has 1 heterocycles. The molecule has 2 amide bonds. The van der Waals surface area contributed by atoms with E-state index in [-0.39, 0.29) is 6.03 Å². The van der Waals surface area contributed by atoms with Gasteiger partial charge in [-0.2, -0.15) is 0 Å². The van der Waals surface area contributed by atoms with Crippen LogP contribution in [0.15, 0.2) is 35.1 Å². The lowest BCUT2D eigenvalue weighted by Crippen LogP contribution is -2.28. The molecule has 0 spiro atoms. The number of likely N-dealkylation sites (N-methyl/N-ethyl adjacent to an activating group) is 1. The summed E-state index contributed by atoms with van der Waals surface area (Å²) in [5.41, 5.74) is 2.78. The van der Waals surface area contributed by atoms with E-state index in [1.807, 2.05) is 19.1 Å². The molecule has 0 aliphatic rings. The van der Waals surface area contributed by atoms with Crippen molar-refractivity contribution in [1.82, 2.24) is 15.2 Å². The largest absolute Gasteiger partial charge is 0.448 e. The SMILES string of the molecule is CCN(CC)CCc1ccc(NC(=O)NCc2ncoc2C)cc1. The van der Waals surface area contributed by atoms with E-state index in [2.05, 4.69) is 46.5 Å². The van der Waals surface area contributed by atoms with E-state index in [4.69, 9.17) is 4.42 Å². The maximum absolute atomic E-state index is 11.9. The molecule has 0 radical (unpaired) electrons. The van der Waals surface area contributed by atoms with Gasteiger partial charge in [0.25, 0.3) is 0 Å². The van der Waals surface area contributed by atoms with Crippen LogP contribution in [0.4, 0.5) is 10.5 Å². The quantitative estimate of drug-likeness (QED) is 0.780. The van der Waals surface area contributed by atoms with Crippen LogP contribution in [-0.4, -0.2) is 35.5 Å². The number of hydrogen-bond donors (Lipinski definition) is 2. The van der Waals surface area contributed by atoms with Crippen molar-refractivity contribution in [3.63, 3.8) is 0 Å². The molecule has 24 heavy (non-hydrogen) atoms. The molecule has 0 aliphatic carbocycles. The van der Waals surface area contributed by atoms with Crippen molar-refractivity contribution in [2.75, 3.05) is 25.0 Å². The standard InChI is InChI=1S/C18H26N4O2/c1-4-22(5-2)11-10-15-6-8-16(9-7-15)21-18(23)19-12-17-14(3)24-13-20-17/h6-9,13H,4-5,10-12H2,1-3H3,(H2,19,21,23). The highest BCUT2D eigenvalue weighted by Crippen LogP contribution is 2.11. The van der Waals surface area contributed by atoms with E-state index in [1.54, 1.807) is 0 Å². The topological polar surface area (TPSA) is 70.4 Å². The first kappa shape index (κ1) is 18.0. The summed E-state index contributed by atoms with van der Waals surface area (Å²) in [4.78, 5) is 18.3. The van der Waals surface area contributed by atoms with Gasteiger partial charge < -0.3 is 20.0 Å². The fourth-order valence-electron chi connectivity index (χ4n) is 2.42. The summed E-state index contributed by atoms with van der Waals surface area (Å²) in [6, 6.07) is 7.71. The molecule has 2 rings (SSSR count). The number of amides is 2. The molecule has 2 N–H and O–H groups in total. The van der Waals surface area contributed by atoms with Gasteiger partial charge in [-0.3, -0.25) is 0 Å². The van der Waals surface area contributed by atoms with E-state index in [0.29, 0.717) is 12.3 Å². The van der Waals surface area contributed by atoms with Crippen LogP contribution in [0, 0.1) is 6.92 Å². The normalized spacial score (nSPS) is 10.8. The Labute approximate surface area is 143 Å². The smallest absolute Gasteiger partial charge is 0.319 e. The second-order valence-corrected chi connectivity index (χ2v) is 5.64. The van der Waals surface area contributed by atoms with Gasteiger partial charge in [-0.1, -0.05) is 26.0 Å². The van der Waals surface area contributed by atoms with E-state index in [1.165, 1.54) is 12.0 Å². The number of aromatic nitrogens is 1. The minimum absolute atomic E-state index is 0.256. The molecule has 2 aromatic rings. The number of nitrogens with one attached hydrogen (secondary N) is 2. The van der Waals surface area contributed by atoms with E-state index in [0.717, 1.165) is 37.4 Å². The van der Waals surface area contributed by atoms with Crippen molar-refractivity contribution in [2.24, 2.45) is 0 Å². The number of aryl methyl sites for hydroxylation is 1. The molecule has 130 valence electrons. The van der Waals surface area contributed by atoms with Crippen LogP contribution in [-0.2, 0) is 13.0 Å². The number of anilines is 1. The van der Waals surface area contributed by atoms with Gasteiger partial charge in [0.05, 0.1) is 6.54 Å². The fourth-order valence-corrected chi connectivity index (χ4v) is 2.42. The first-order chi connectivity index (χ1) is 11.6. The third kappa shape index (κ3) is 5.38. The maximum Gasteiger partial charge on any atom is 0.319 e. The lowest BCUT2D eigenvalue weighted by Gasteiger charge is -2.17. The Hall–Kier alpha value is -2.34. The number of rotatable bonds is 8. The predicted molar refractivity (Wildman–Crippen MR) is 95.0 cm³/mol. The minimum Gasteiger partial charge on any atom is -0.448 e. The summed E-state index contributed by atoms with van der Waals surface area (Å²) >= 11 is 0. The third-order valence-electron chi connectivity index (χ3n) is 4.08. The van der Waals surface area contributed by atoms with Gasteiger partial charge in [-0.05, 0) is 44.1 Å². The van der Waals surface area contributed by atoms with Crippen LogP contribution in [0.25, 0.3) is 0 Å². The lowest BCUT2D eigenvalue weighted by molar-refractivity contribution is 0.251. The van der Waals surface area contributed by atoms with Crippen molar-refractivity contribution in [3.05, 3.63) is 47.7 Å². The van der Waals surface area contributed by atoms with Gasteiger partial charge in [0, 0.05) is 12.2 Å². The Morgan fingerprint density at radius 1 is 1.21 bits per heavy atom. The molecule has 0 aliphatic heterocycles. The molecule has 6 heteroatoms. The molecular formula is C18H26N4O2. The average molecular weight is 330 g/mol. The number of hydrogen-bond acceptors (Lipinski definition) is 4. The van der Waals surface area contributed by atoms with Crippen LogP contribution >= 0.6 is 0 Å². The first-order valence-corrected chi connectivity index (χ1v) is 8.37. The predicted octanol–water partition coefficient (Wildman–Crippen LogP) is 3.19. The molecule has 0 bridgehead atoms. The van der Waals surface area contributed by atoms with Gasteiger partial charge in [-0.15, -0.1) is 0 Å². The van der Waals surface area contributed by atoms with Crippen LogP contribution in [0.5, 0.6) is 0 Å². The van der Waals surface area contributed by atoms with Crippen molar-refractivity contribution in [1.29, 1.82) is 0 Å². The van der Waals surface area contributed by atoms with Crippen molar-refractivity contribution < 1.29 is 9.21 Å². The molecule has 0 saturated carbocycles. The zero-order chi connectivity index (χ0) is 17.4. The summed E-state index contributed by atoms with van der Waals surface area (Å²) in [6.07, 6.45) is 2.39. The zero-order valence-electron chi connectivity index (χ0n) is 14.6. The van der Waals surface area contributed by atoms with Crippen LogP contribution in [0.3, 0.4) is 0 Å². The Morgan fingerprint density at radius 2 is 1.92 bits per heavy atom. The second kappa shape index (κ2) is 9.08. The van der Waals surface area contributed by atoms with Gasteiger partial charge in [0.2, 0.25) is 0 Å². The number of benzene rings is 1. The number of nitrogens with zero attached hydrogens (tertiary/aromatic N) is 2. The molecule has 1 aromatic heterocycles. The first-order valence-electron chi connectivity index (χ1n) is 8.37. The molecular weight excluding hydrogens is 304 g/mol. The fraction of sp³-hybridized carbons (Fsp3) is 0.444. The summed E-state index contributed by atoms with van der Waals surface area (Å²) in [5, 5.41) is 5.58. The number of carbonyl (C=O) groups is 1. The molecule has 6 nitrogen and oxygen atoms in total. The lowest BCUT2D eigenvalue weighted by atomic mass is 10.1. The van der Waals surface area contributed by atoms with Gasteiger partial charge in [0.1, 0.15) is 11.5 Å². The summed E-state index contributed by atoms with van der Waals surface area (Å²) in [6.45, 7) is 9.71. The molecule has 0 saturated heterocycles. The van der Waals surface area contributed by atoms with E-state index < -0.39 is 0 Å². The Balaban J connectivity index is 1.78. The molecule has 0 unspecified atom stereocenters. The van der Waals surface area contributed by atoms with Crippen LogP contribution < -0.4 is 10.6 Å². The second-order valence-electron chi connectivity index (χ2n) is 5.64. The third-order valence-corrected chi connectivity index (χ3v) is 4.08.